The highest BCUT2D eigenvalue weighted by atomic mass is 19.1. The lowest BCUT2D eigenvalue weighted by Gasteiger charge is -2.46. The standard InChI is InChI=1S/C40H45FN2O2/c1-27(32-20-21-35(36(41)23-32)31-14-10-7-11-15-31)37(44)24-33(38(45)42-34-25-39(2,3)43-40(4,5)26-34)22-28-16-18-30(19-17-28)29-12-8-6-9-13-29/h6-21,23,27,33-34,43H,22,24-26H2,1-5H3,(H,42,45)/t27-,33-/m1/s1. The summed E-state index contributed by atoms with van der Waals surface area (Å²) in [5.41, 5.74) is 4.90. The first-order chi connectivity index (χ1) is 21.4. The molecule has 0 saturated carbocycles. The molecule has 4 aromatic rings. The van der Waals surface area contributed by atoms with Crippen LogP contribution in [0.4, 0.5) is 4.39 Å². The number of nitrogens with one attached hydrogen (secondary N) is 2. The van der Waals surface area contributed by atoms with Crippen molar-refractivity contribution in [3.05, 3.63) is 120 Å². The normalized spacial score (nSPS) is 17.3. The number of amides is 1. The van der Waals surface area contributed by atoms with Gasteiger partial charge in [0.1, 0.15) is 11.6 Å². The summed E-state index contributed by atoms with van der Waals surface area (Å²) in [4.78, 5) is 27.7. The number of carbonyl (C=O) groups excluding carboxylic acids is 2. The Kier molecular flexibility index (Phi) is 9.69. The highest BCUT2D eigenvalue weighted by Crippen LogP contribution is 2.31. The summed E-state index contributed by atoms with van der Waals surface area (Å²) >= 11 is 0. The van der Waals surface area contributed by atoms with Crippen LogP contribution < -0.4 is 10.6 Å². The lowest BCUT2D eigenvalue weighted by atomic mass is 9.79. The topological polar surface area (TPSA) is 58.2 Å². The van der Waals surface area contributed by atoms with Crippen molar-refractivity contribution in [2.75, 3.05) is 0 Å². The van der Waals surface area contributed by atoms with Crippen molar-refractivity contribution in [1.29, 1.82) is 0 Å². The average molecular weight is 605 g/mol. The van der Waals surface area contributed by atoms with Gasteiger partial charge >= 0.3 is 0 Å². The largest absolute Gasteiger partial charge is 0.353 e. The van der Waals surface area contributed by atoms with Crippen LogP contribution in [0.1, 0.15) is 70.9 Å². The van der Waals surface area contributed by atoms with Crippen molar-refractivity contribution in [2.45, 2.75) is 83.3 Å². The van der Waals surface area contributed by atoms with Gasteiger partial charge in [-0.15, -0.1) is 0 Å². The van der Waals surface area contributed by atoms with Crippen LogP contribution in [0, 0.1) is 11.7 Å². The molecule has 0 unspecified atom stereocenters. The second-order valence-corrected chi connectivity index (χ2v) is 14.0. The van der Waals surface area contributed by atoms with E-state index in [9.17, 15) is 9.59 Å². The maximum atomic E-state index is 15.2. The molecule has 2 atom stereocenters. The number of carbonyl (C=O) groups is 2. The number of piperidine rings is 1. The van der Waals surface area contributed by atoms with E-state index in [2.05, 4.69) is 62.6 Å². The number of rotatable bonds is 10. The zero-order valence-electron chi connectivity index (χ0n) is 27.1. The van der Waals surface area contributed by atoms with Crippen LogP contribution in [0.5, 0.6) is 0 Å². The third kappa shape index (κ3) is 8.34. The molecule has 0 bridgehead atoms. The molecule has 0 radical (unpaired) electrons. The van der Waals surface area contributed by atoms with Gasteiger partial charge in [0.05, 0.1) is 0 Å². The molecule has 1 aliphatic rings. The molecule has 1 aliphatic heterocycles. The Labute approximate surface area is 267 Å². The maximum Gasteiger partial charge on any atom is 0.224 e. The minimum atomic E-state index is -0.545. The van der Waals surface area contributed by atoms with Crippen LogP contribution >= 0.6 is 0 Å². The van der Waals surface area contributed by atoms with Gasteiger partial charge in [0.25, 0.3) is 0 Å². The first kappa shape index (κ1) is 32.3. The van der Waals surface area contributed by atoms with Gasteiger partial charge in [-0.2, -0.15) is 0 Å². The summed E-state index contributed by atoms with van der Waals surface area (Å²) in [6.45, 7) is 10.4. The molecule has 234 valence electrons. The molecular weight excluding hydrogens is 559 g/mol. The van der Waals surface area contributed by atoms with E-state index in [0.717, 1.165) is 35.1 Å². The lowest BCUT2D eigenvalue weighted by molar-refractivity contribution is -0.130. The predicted octanol–water partition coefficient (Wildman–Crippen LogP) is 8.51. The van der Waals surface area contributed by atoms with Gasteiger partial charge in [0.15, 0.2) is 0 Å². The second-order valence-electron chi connectivity index (χ2n) is 14.0. The Bertz CT molecular complexity index is 1600. The highest BCUT2D eigenvalue weighted by molar-refractivity contribution is 5.91. The molecule has 2 N–H and O–H groups in total. The van der Waals surface area contributed by atoms with Gasteiger partial charge in [-0.25, -0.2) is 4.39 Å². The SMILES string of the molecule is C[C@@H](C(=O)C[C@@H](Cc1ccc(-c2ccccc2)cc1)C(=O)NC1CC(C)(C)NC(C)(C)C1)c1ccc(-c2ccccc2)c(F)c1. The van der Waals surface area contributed by atoms with Crippen molar-refractivity contribution in [1.82, 2.24) is 10.6 Å². The fourth-order valence-corrected chi connectivity index (χ4v) is 7.01. The van der Waals surface area contributed by atoms with E-state index >= 15 is 4.39 Å². The fourth-order valence-electron chi connectivity index (χ4n) is 7.01. The number of ketones is 1. The van der Waals surface area contributed by atoms with E-state index in [-0.39, 0.29) is 41.0 Å². The minimum Gasteiger partial charge on any atom is -0.353 e. The molecule has 5 rings (SSSR count). The molecule has 1 saturated heterocycles. The van der Waals surface area contributed by atoms with Crippen LogP contribution in [0.3, 0.4) is 0 Å². The molecule has 1 fully saturated rings. The summed E-state index contributed by atoms with van der Waals surface area (Å²) in [6, 6.07) is 32.8. The highest BCUT2D eigenvalue weighted by Gasteiger charge is 2.39. The molecule has 4 aromatic carbocycles. The third-order valence-corrected chi connectivity index (χ3v) is 8.96. The quantitative estimate of drug-likeness (QED) is 0.191. The van der Waals surface area contributed by atoms with Crippen molar-refractivity contribution >= 4 is 11.7 Å². The van der Waals surface area contributed by atoms with Gasteiger partial charge in [0, 0.05) is 40.9 Å². The molecule has 5 heteroatoms. The molecule has 1 amide bonds. The van der Waals surface area contributed by atoms with Crippen LogP contribution in [-0.2, 0) is 16.0 Å². The molecule has 45 heavy (non-hydrogen) atoms. The van der Waals surface area contributed by atoms with Crippen molar-refractivity contribution in [3.8, 4) is 22.3 Å². The van der Waals surface area contributed by atoms with Crippen LogP contribution in [0.2, 0.25) is 0 Å². The van der Waals surface area contributed by atoms with Gasteiger partial charge in [0.2, 0.25) is 5.91 Å². The molecule has 1 heterocycles. The van der Waals surface area contributed by atoms with Gasteiger partial charge in [-0.3, -0.25) is 9.59 Å². The van der Waals surface area contributed by atoms with E-state index in [1.54, 1.807) is 13.0 Å². The predicted molar refractivity (Wildman–Crippen MR) is 181 cm³/mol. The zero-order valence-corrected chi connectivity index (χ0v) is 27.1. The average Bonchev–Trinajstić information content (AvgIpc) is 3.00. The summed E-state index contributed by atoms with van der Waals surface area (Å²) < 4.78 is 15.2. The number of hydrogen-bond donors (Lipinski definition) is 2. The Morgan fingerprint density at radius 2 is 1.36 bits per heavy atom. The molecular formula is C40H45FN2O2. The maximum absolute atomic E-state index is 15.2. The van der Waals surface area contributed by atoms with Gasteiger partial charge < -0.3 is 10.6 Å². The van der Waals surface area contributed by atoms with E-state index in [1.165, 1.54) is 6.07 Å². The Hall–Kier alpha value is -4.09. The third-order valence-electron chi connectivity index (χ3n) is 8.96. The fraction of sp³-hybridized carbons (Fsp3) is 0.350. The zero-order chi connectivity index (χ0) is 32.2. The molecule has 0 aliphatic carbocycles. The molecule has 4 nitrogen and oxygen atoms in total. The first-order valence-corrected chi connectivity index (χ1v) is 16.0. The smallest absolute Gasteiger partial charge is 0.224 e. The Morgan fingerprint density at radius 3 is 1.93 bits per heavy atom. The second kappa shape index (κ2) is 13.5. The van der Waals surface area contributed by atoms with E-state index < -0.39 is 11.8 Å². The van der Waals surface area contributed by atoms with Gasteiger partial charge in [-0.05, 0) is 80.8 Å². The Balaban J connectivity index is 1.35. The number of Topliss-reactive ketones (excluding diaryl/α,β-unsaturated/α-hetero) is 1. The van der Waals surface area contributed by atoms with Gasteiger partial charge in [-0.1, -0.05) is 104 Å². The monoisotopic (exact) mass is 604 g/mol. The van der Waals surface area contributed by atoms with E-state index in [1.807, 2.05) is 66.7 Å². The molecule has 0 spiro atoms. The summed E-state index contributed by atoms with van der Waals surface area (Å²) in [6.07, 6.45) is 2.13. The number of halogens is 1. The number of hydrogen-bond acceptors (Lipinski definition) is 3. The molecule has 0 aromatic heterocycles. The van der Waals surface area contributed by atoms with E-state index in [0.29, 0.717) is 17.5 Å². The van der Waals surface area contributed by atoms with E-state index in [4.69, 9.17) is 0 Å². The minimum absolute atomic E-state index is 0.00106. The number of benzene rings is 4. The summed E-state index contributed by atoms with van der Waals surface area (Å²) in [7, 11) is 0. The van der Waals surface area contributed by atoms with Crippen molar-refractivity contribution < 1.29 is 14.0 Å². The lowest BCUT2D eigenvalue weighted by Crippen LogP contribution is -2.62. The van der Waals surface area contributed by atoms with Crippen LogP contribution in [0.25, 0.3) is 22.3 Å². The summed E-state index contributed by atoms with van der Waals surface area (Å²) in [5, 5.41) is 6.99. The van der Waals surface area contributed by atoms with Crippen molar-refractivity contribution in [3.63, 3.8) is 0 Å². The Morgan fingerprint density at radius 1 is 0.800 bits per heavy atom. The first-order valence-electron chi connectivity index (χ1n) is 16.0. The van der Waals surface area contributed by atoms with Crippen LogP contribution in [0.15, 0.2) is 103 Å². The van der Waals surface area contributed by atoms with Crippen LogP contribution in [-0.4, -0.2) is 28.8 Å². The van der Waals surface area contributed by atoms with Crippen molar-refractivity contribution in [2.24, 2.45) is 5.92 Å². The summed E-state index contributed by atoms with van der Waals surface area (Å²) in [5.74, 6) is -1.63.